The van der Waals surface area contributed by atoms with Gasteiger partial charge in [-0.05, 0) is 48.5 Å². The minimum atomic E-state index is -3.75. The average Bonchev–Trinajstić information content (AvgIpc) is 2.63. The van der Waals surface area contributed by atoms with Gasteiger partial charge in [0.25, 0.3) is 15.9 Å². The molecule has 2 aromatic heterocycles. The van der Waals surface area contributed by atoms with Crippen LogP contribution in [0.2, 0.25) is 0 Å². The molecule has 0 aliphatic heterocycles. The van der Waals surface area contributed by atoms with E-state index in [2.05, 4.69) is 20.0 Å². The Kier molecular flexibility index (Phi) is 4.71. The molecule has 7 nitrogen and oxygen atoms in total. The van der Waals surface area contributed by atoms with Crippen LogP contribution in [0.5, 0.6) is 0 Å². The number of sulfonamides is 1. The highest BCUT2D eigenvalue weighted by Gasteiger charge is 2.15. The van der Waals surface area contributed by atoms with Crippen LogP contribution in [0.4, 0.5) is 11.5 Å². The van der Waals surface area contributed by atoms with Crippen molar-refractivity contribution >= 4 is 27.4 Å². The van der Waals surface area contributed by atoms with Crippen LogP contribution in [0.15, 0.2) is 78.1 Å². The lowest BCUT2D eigenvalue weighted by Gasteiger charge is -2.09. The van der Waals surface area contributed by atoms with E-state index in [4.69, 9.17) is 0 Å². The van der Waals surface area contributed by atoms with Gasteiger partial charge < -0.3 is 5.32 Å². The zero-order chi connectivity index (χ0) is 17.7. The smallest absolute Gasteiger partial charge is 0.263 e. The van der Waals surface area contributed by atoms with Crippen LogP contribution >= 0.6 is 0 Å². The Morgan fingerprint density at radius 3 is 2.36 bits per heavy atom. The van der Waals surface area contributed by atoms with Crippen molar-refractivity contribution in [2.75, 3.05) is 10.0 Å². The number of rotatable bonds is 5. The molecule has 0 fully saturated rings. The summed E-state index contributed by atoms with van der Waals surface area (Å²) in [5.41, 5.74) is 0.890. The van der Waals surface area contributed by atoms with Crippen LogP contribution in [0.25, 0.3) is 0 Å². The molecule has 0 aliphatic rings. The van der Waals surface area contributed by atoms with Gasteiger partial charge in [0, 0.05) is 24.3 Å². The van der Waals surface area contributed by atoms with Crippen LogP contribution in [0, 0.1) is 0 Å². The van der Waals surface area contributed by atoms with Gasteiger partial charge >= 0.3 is 0 Å². The lowest BCUT2D eigenvalue weighted by Crippen LogP contribution is -2.14. The van der Waals surface area contributed by atoms with Crippen molar-refractivity contribution in [2.24, 2.45) is 0 Å². The second-order valence-electron chi connectivity index (χ2n) is 5.04. The number of carbonyl (C=O) groups excluding carboxylic acids is 1. The van der Waals surface area contributed by atoms with Gasteiger partial charge in [0.05, 0.1) is 10.5 Å². The molecular formula is C17H14N4O3S. The summed E-state index contributed by atoms with van der Waals surface area (Å²) in [6, 6.07) is 14.1. The fraction of sp³-hybridized carbons (Fsp3) is 0. The third-order valence-corrected chi connectivity index (χ3v) is 4.62. The molecule has 8 heteroatoms. The highest BCUT2D eigenvalue weighted by atomic mass is 32.2. The van der Waals surface area contributed by atoms with E-state index in [1.807, 2.05) is 0 Å². The van der Waals surface area contributed by atoms with Crippen LogP contribution in [0.3, 0.4) is 0 Å². The van der Waals surface area contributed by atoms with E-state index in [1.165, 1.54) is 36.7 Å². The Morgan fingerprint density at radius 1 is 0.920 bits per heavy atom. The number of amides is 1. The molecule has 3 aromatic rings. The van der Waals surface area contributed by atoms with Gasteiger partial charge in [0.15, 0.2) is 0 Å². The number of carbonyl (C=O) groups is 1. The largest absolute Gasteiger partial charge is 0.322 e. The molecular weight excluding hydrogens is 340 g/mol. The molecule has 1 amide bonds. The Morgan fingerprint density at radius 2 is 1.72 bits per heavy atom. The highest BCUT2D eigenvalue weighted by molar-refractivity contribution is 7.92. The normalized spacial score (nSPS) is 10.9. The number of hydrogen-bond acceptors (Lipinski definition) is 5. The predicted octanol–water partition coefficient (Wildman–Crippen LogP) is 2.53. The Labute approximate surface area is 144 Å². The van der Waals surface area contributed by atoms with Crippen molar-refractivity contribution in [3.63, 3.8) is 0 Å². The predicted molar refractivity (Wildman–Crippen MR) is 93.7 cm³/mol. The maximum atomic E-state index is 12.3. The Hall–Kier alpha value is -3.26. The summed E-state index contributed by atoms with van der Waals surface area (Å²) in [5, 5.41) is 2.68. The molecule has 3 rings (SSSR count). The molecule has 0 radical (unpaired) electrons. The molecule has 0 saturated heterocycles. The minimum Gasteiger partial charge on any atom is -0.322 e. The molecule has 0 saturated carbocycles. The van der Waals surface area contributed by atoms with Gasteiger partial charge in [0.1, 0.15) is 5.82 Å². The first-order valence-corrected chi connectivity index (χ1v) is 8.78. The molecule has 0 aliphatic carbocycles. The summed E-state index contributed by atoms with van der Waals surface area (Å²) in [7, 11) is -3.75. The van der Waals surface area contributed by atoms with Gasteiger partial charge in [-0.15, -0.1) is 0 Å². The van der Waals surface area contributed by atoms with Gasteiger partial charge in [-0.2, -0.15) is 0 Å². The van der Waals surface area contributed by atoms with Crippen LogP contribution < -0.4 is 10.0 Å². The first-order chi connectivity index (χ1) is 12.0. The third-order valence-electron chi connectivity index (χ3n) is 3.25. The van der Waals surface area contributed by atoms with Crippen molar-refractivity contribution < 1.29 is 13.2 Å². The van der Waals surface area contributed by atoms with Gasteiger partial charge in [-0.1, -0.05) is 6.07 Å². The van der Waals surface area contributed by atoms with E-state index in [9.17, 15) is 13.2 Å². The summed E-state index contributed by atoms with van der Waals surface area (Å²) >= 11 is 0. The van der Waals surface area contributed by atoms with Crippen molar-refractivity contribution in [3.05, 3.63) is 78.8 Å². The average molecular weight is 354 g/mol. The van der Waals surface area contributed by atoms with E-state index in [1.54, 1.807) is 36.5 Å². The molecule has 0 spiro atoms. The zero-order valence-electron chi connectivity index (χ0n) is 13.0. The summed E-state index contributed by atoms with van der Waals surface area (Å²) in [5.74, 6) is -0.0909. The molecule has 0 unspecified atom stereocenters. The summed E-state index contributed by atoms with van der Waals surface area (Å²) in [4.78, 5) is 19.9. The standard InChI is InChI=1S/C17H14N4O3S/c22-17(13-4-3-10-18-12-13)20-14-6-8-15(9-7-14)25(23,24)21-16-5-1-2-11-19-16/h1-12H,(H,19,21)(H,20,22). The molecule has 2 N–H and O–H groups in total. The molecule has 1 aromatic carbocycles. The second-order valence-corrected chi connectivity index (χ2v) is 6.72. The van der Waals surface area contributed by atoms with Crippen molar-refractivity contribution in [3.8, 4) is 0 Å². The third kappa shape index (κ3) is 4.18. The number of anilines is 2. The first-order valence-electron chi connectivity index (χ1n) is 7.30. The molecule has 25 heavy (non-hydrogen) atoms. The topological polar surface area (TPSA) is 101 Å². The van der Waals surface area contributed by atoms with Gasteiger partial charge in [-0.25, -0.2) is 13.4 Å². The molecule has 126 valence electrons. The zero-order valence-corrected chi connectivity index (χ0v) is 13.8. The van der Waals surface area contributed by atoms with Crippen molar-refractivity contribution in [2.45, 2.75) is 4.90 Å². The fourth-order valence-corrected chi connectivity index (χ4v) is 3.05. The van der Waals surface area contributed by atoms with E-state index < -0.39 is 10.0 Å². The van der Waals surface area contributed by atoms with Crippen molar-refractivity contribution in [1.29, 1.82) is 0 Å². The number of aromatic nitrogens is 2. The van der Waals surface area contributed by atoms with Gasteiger partial charge in [-0.3, -0.25) is 14.5 Å². The monoisotopic (exact) mass is 354 g/mol. The van der Waals surface area contributed by atoms with E-state index in [0.717, 1.165) is 0 Å². The maximum Gasteiger partial charge on any atom is 0.263 e. The van der Waals surface area contributed by atoms with E-state index in [0.29, 0.717) is 11.3 Å². The number of nitrogens with zero attached hydrogens (tertiary/aromatic N) is 2. The fourth-order valence-electron chi connectivity index (χ4n) is 2.04. The van der Waals surface area contributed by atoms with Crippen LogP contribution in [-0.4, -0.2) is 24.3 Å². The first kappa shape index (κ1) is 16.6. The molecule has 0 bridgehead atoms. The number of benzene rings is 1. The summed E-state index contributed by atoms with van der Waals surface area (Å²) in [6.07, 6.45) is 4.52. The molecule has 2 heterocycles. The Bertz CT molecular complexity index is 960. The lowest BCUT2D eigenvalue weighted by atomic mass is 10.2. The van der Waals surface area contributed by atoms with E-state index in [-0.39, 0.29) is 16.6 Å². The van der Waals surface area contributed by atoms with Gasteiger partial charge in [0.2, 0.25) is 0 Å². The maximum absolute atomic E-state index is 12.3. The number of nitrogens with one attached hydrogen (secondary N) is 2. The van der Waals surface area contributed by atoms with Crippen LogP contribution in [0.1, 0.15) is 10.4 Å². The Balaban J connectivity index is 1.72. The quantitative estimate of drug-likeness (QED) is 0.733. The summed E-state index contributed by atoms with van der Waals surface area (Å²) < 4.78 is 27.0. The lowest BCUT2D eigenvalue weighted by molar-refractivity contribution is 0.102. The number of pyridine rings is 2. The SMILES string of the molecule is O=C(Nc1ccc(S(=O)(=O)Nc2ccccn2)cc1)c1cccnc1. The highest BCUT2D eigenvalue weighted by Crippen LogP contribution is 2.17. The summed E-state index contributed by atoms with van der Waals surface area (Å²) in [6.45, 7) is 0. The van der Waals surface area contributed by atoms with Crippen molar-refractivity contribution in [1.82, 2.24) is 9.97 Å². The minimum absolute atomic E-state index is 0.0672. The van der Waals surface area contributed by atoms with E-state index >= 15 is 0 Å². The second kappa shape index (κ2) is 7.10. The molecule has 0 atom stereocenters. The van der Waals surface area contributed by atoms with Crippen LogP contribution in [-0.2, 0) is 10.0 Å². The number of hydrogen-bond donors (Lipinski definition) is 2.